The molecule has 804 valence electrons. The predicted octanol–water partition coefficient (Wildman–Crippen LogP) is 11.6. The van der Waals surface area contributed by atoms with Crippen molar-refractivity contribution in [3.63, 3.8) is 0 Å². The number of aldehydes is 1. The van der Waals surface area contributed by atoms with Gasteiger partial charge in [0.15, 0.2) is 18.1 Å². The van der Waals surface area contributed by atoms with Crippen molar-refractivity contribution in [1.82, 2.24) is 39.6 Å². The first kappa shape index (κ1) is 124. The van der Waals surface area contributed by atoms with Crippen molar-refractivity contribution in [3.8, 4) is 0 Å². The van der Waals surface area contributed by atoms with Crippen LogP contribution in [0.2, 0.25) is 0 Å². The van der Waals surface area contributed by atoms with Crippen LogP contribution in [-0.2, 0) is 124 Å². The zero-order chi connectivity index (χ0) is 109. The minimum absolute atomic E-state index is 0.00172. The Morgan fingerprint density at radius 3 is 1.08 bits per heavy atom. The first-order chi connectivity index (χ1) is 67.4. The summed E-state index contributed by atoms with van der Waals surface area (Å²) in [5, 5.41) is 6.69. The van der Waals surface area contributed by atoms with Crippen LogP contribution in [-0.4, -0.2) is 339 Å². The van der Waals surface area contributed by atoms with Crippen LogP contribution in [0, 0.1) is 11.8 Å². The number of hydrogen-bond acceptors (Lipinski definition) is 33. The molecule has 7 amide bonds. The largest absolute Gasteiger partial charge is 0.469 e. The van der Waals surface area contributed by atoms with Crippen molar-refractivity contribution < 1.29 is 153 Å². The zero-order valence-corrected chi connectivity index (χ0v) is 89.8. The van der Waals surface area contributed by atoms with E-state index in [1.54, 1.807) is 151 Å². The van der Waals surface area contributed by atoms with E-state index >= 15 is 0 Å². The van der Waals surface area contributed by atoms with E-state index in [0.29, 0.717) is 38.8 Å². The number of carbonyl (C=O) groups is 17. The summed E-state index contributed by atoms with van der Waals surface area (Å²) in [6.07, 6.45) is 4.60. The van der Waals surface area contributed by atoms with E-state index in [9.17, 15) is 81.5 Å². The molecule has 9 rings (SSSR count). The summed E-state index contributed by atoms with van der Waals surface area (Å²) in [7, 11) is 6.33. The van der Waals surface area contributed by atoms with Gasteiger partial charge in [0.25, 0.3) is 0 Å². The van der Waals surface area contributed by atoms with Gasteiger partial charge in [0.1, 0.15) is 45.9 Å². The summed E-state index contributed by atoms with van der Waals surface area (Å²) >= 11 is 0. The molecule has 0 spiro atoms. The summed E-state index contributed by atoms with van der Waals surface area (Å²) in [6.45, 7) is 38.5. The predicted molar refractivity (Wildman–Crippen MR) is 534 cm³/mol. The highest BCUT2D eigenvalue weighted by Gasteiger charge is 2.52. The Balaban J connectivity index is 0.000000366. The maximum absolute atomic E-state index is 12.9. The second-order valence-corrected chi connectivity index (χ2v) is 43.1. The van der Waals surface area contributed by atoms with Crippen molar-refractivity contribution in [3.05, 3.63) is 103 Å². The Bertz CT molecular complexity index is 4720. The average Bonchev–Trinajstić information content (AvgIpc) is 0.831. The topological polar surface area (TPSA) is 463 Å². The molecular formula is C103H155N8O32P. The number of benzene rings is 3. The molecule has 6 aliphatic heterocycles. The van der Waals surface area contributed by atoms with E-state index in [0.717, 1.165) is 84.1 Å². The third-order valence-electron chi connectivity index (χ3n) is 22.2. The fourth-order valence-corrected chi connectivity index (χ4v) is 19.9. The molecule has 41 heteroatoms. The number of piperazine rings is 3. The molecule has 0 radical (unpaired) electrons. The van der Waals surface area contributed by atoms with Crippen LogP contribution in [0.15, 0.2) is 103 Å². The van der Waals surface area contributed by atoms with Crippen molar-refractivity contribution in [2.24, 2.45) is 11.8 Å². The Morgan fingerprint density at radius 1 is 0.375 bits per heavy atom. The van der Waals surface area contributed by atoms with Gasteiger partial charge in [0, 0.05) is 89.0 Å². The highest BCUT2D eigenvalue weighted by atomic mass is 31.2. The fourth-order valence-electron chi connectivity index (χ4n) is 16.3. The number of nitrogens with zero attached hydrogens (tertiary/aromatic N) is 7. The summed E-state index contributed by atoms with van der Waals surface area (Å²) < 4.78 is 76.5. The summed E-state index contributed by atoms with van der Waals surface area (Å²) in [4.78, 5) is 217. The molecule has 0 bridgehead atoms. The van der Waals surface area contributed by atoms with E-state index < -0.39 is 143 Å². The third kappa shape index (κ3) is 39.6. The average molecular weight is 2050 g/mol. The monoisotopic (exact) mass is 2050 g/mol. The van der Waals surface area contributed by atoms with Gasteiger partial charge in [-0.1, -0.05) is 97.1 Å². The first-order valence-electron chi connectivity index (χ1n) is 48.5. The first-order valence-corrected chi connectivity index (χ1v) is 50.3. The highest BCUT2D eigenvalue weighted by Crippen LogP contribution is 2.44. The maximum atomic E-state index is 12.9. The molecule has 6 saturated heterocycles. The second kappa shape index (κ2) is 58.0. The van der Waals surface area contributed by atoms with E-state index in [1.807, 2.05) is 66.4 Å². The molecule has 0 saturated carbocycles. The standard InChI is InChI=1S/C22H21O2P.C21H36N2O8.C21H34N2O8.C17H28N2O7.C12H21NO4.C10H15NO3/c1-2-24-22(23)18-25(19-12-6-3-7-13-19,20-14-8-4-9-15-20)21-16-10-5-11-17-21;2*1-9-29-15(24)11-10-14-16(17(25)28-8)23(19(27)31-21(5,6)7)13-12-22(14)18(26)30-20(2,3)4;1-16(2,3)25-14(22)18-8-9-19(15(23)26-17(4,5)6)12(11(18)10-20)13(21)24-7;1-3-17-11(14)7-6-10-9(12(15)16-2)5-4-8-13-10;1-14-10(13)7-3-2-6-11-8(7)4-5-9(11)12/h3-18H,2H2,1H3;14,16H,9-13H2,1-8H3;10-11,14,16H,9,12-13H2,1-8H3;10-12H,8-9H2,1-7H3;9-10,13H,3-8H2,1-2H3;7-8H,2-6H2,1H3/b;;11-10+;;;/t;2*14-,16?;11-,12?;9?,10-;7-,8+/m.00001/s1. The number of amides is 7. The highest BCUT2D eigenvalue weighted by molar-refractivity contribution is 7.95. The zero-order valence-electron chi connectivity index (χ0n) is 88.9. The lowest BCUT2D eigenvalue weighted by Gasteiger charge is -2.46. The minimum atomic E-state index is -2.24. The van der Waals surface area contributed by atoms with Crippen LogP contribution in [0.25, 0.3) is 0 Å². The quantitative estimate of drug-likeness (QED) is 0.0321. The Morgan fingerprint density at radius 2 is 0.701 bits per heavy atom. The number of methoxy groups -OCH3 is 5. The van der Waals surface area contributed by atoms with Gasteiger partial charge in [0.05, 0.1) is 85.9 Å². The molecule has 6 fully saturated rings. The van der Waals surface area contributed by atoms with Crippen LogP contribution in [0.5, 0.6) is 0 Å². The smallest absolute Gasteiger partial charge is 0.411 e. The lowest BCUT2D eigenvalue weighted by molar-refractivity contribution is -0.153. The number of piperidine rings is 2. The van der Waals surface area contributed by atoms with E-state index in [-0.39, 0.29) is 119 Å². The third-order valence-corrected chi connectivity index (χ3v) is 26.1. The van der Waals surface area contributed by atoms with Crippen LogP contribution in [0.1, 0.15) is 217 Å². The molecule has 6 heterocycles. The van der Waals surface area contributed by atoms with E-state index in [2.05, 4.69) is 41.7 Å². The van der Waals surface area contributed by atoms with Crippen molar-refractivity contribution in [1.29, 1.82) is 0 Å². The lowest BCUT2D eigenvalue weighted by atomic mass is 9.88. The maximum Gasteiger partial charge on any atom is 0.411 e. The van der Waals surface area contributed by atoms with Crippen molar-refractivity contribution in [2.75, 3.05) is 114 Å². The van der Waals surface area contributed by atoms with Crippen LogP contribution in [0.4, 0.5) is 28.8 Å². The molecule has 40 nitrogen and oxygen atoms in total. The molecule has 1 N–H and O–H groups in total. The molecule has 3 aromatic carbocycles. The molecule has 3 aromatic rings. The molecule has 0 aromatic heterocycles. The van der Waals surface area contributed by atoms with Gasteiger partial charge in [-0.15, -0.1) is 0 Å². The van der Waals surface area contributed by atoms with Gasteiger partial charge in [0.2, 0.25) is 5.91 Å². The molecule has 4 unspecified atom stereocenters. The number of rotatable bonds is 22. The molecular weight excluding hydrogens is 1890 g/mol. The number of fused-ring (bicyclic) bond motifs is 1. The normalized spacial score (nSPS) is 20.0. The van der Waals surface area contributed by atoms with Gasteiger partial charge in [-0.2, -0.15) is 0 Å². The Hall–Kier alpha value is -12.3. The van der Waals surface area contributed by atoms with Gasteiger partial charge < -0.3 is 91.0 Å². The summed E-state index contributed by atoms with van der Waals surface area (Å²) in [5.41, 5.74) is -4.66. The fraction of sp³-hybridized carbons (Fsp3) is 0.631. The molecule has 10 atom stereocenters. The Kier molecular flexibility index (Phi) is 49.9. The van der Waals surface area contributed by atoms with Crippen molar-refractivity contribution >= 4 is 131 Å². The van der Waals surface area contributed by atoms with E-state index in [4.69, 9.17) is 71.1 Å². The van der Waals surface area contributed by atoms with Crippen LogP contribution >= 0.6 is 6.89 Å². The SMILES string of the molecule is CCOC(=O)/C=C/[C@H]1C(C(=O)OC)N(C(=O)OC(C)(C)C)CCN1C(=O)OC(C)(C)C.CCOC(=O)C=P(c1ccccc1)(c1ccccc1)c1ccccc1.CCOC(=O)CC[C@@H]1NCCCC1C(=O)OC.CCOC(=O)CC[C@H]1C(C(=O)OC)N(C(=O)OC(C)(C)C)CCN1C(=O)OC(C)(C)C.COC(=O)C1[C@H](C=O)N(C(=O)OC(C)(C)C)CCN1C(=O)OC(C)(C)C.COC(=O)[C@@H]1CCCN2C(=O)CC[C@@H]12. The van der Waals surface area contributed by atoms with Gasteiger partial charge in [-0.25, -0.2) is 52.7 Å². The Labute approximate surface area is 847 Å². The van der Waals surface area contributed by atoms with Crippen LogP contribution < -0.4 is 21.2 Å². The summed E-state index contributed by atoms with van der Waals surface area (Å²) in [5.74, 6) is -2.46. The lowest BCUT2D eigenvalue weighted by Crippen LogP contribution is -2.66. The van der Waals surface area contributed by atoms with E-state index in [1.165, 1.54) is 54.1 Å². The van der Waals surface area contributed by atoms with Gasteiger partial charge in [-0.3, -0.25) is 48.5 Å². The molecule has 144 heavy (non-hydrogen) atoms. The summed E-state index contributed by atoms with van der Waals surface area (Å²) in [6, 6.07) is 24.0. The van der Waals surface area contributed by atoms with Gasteiger partial charge in [-0.05, 0) is 227 Å². The number of nitrogens with one attached hydrogen (secondary N) is 1. The van der Waals surface area contributed by atoms with Crippen molar-refractivity contribution in [2.45, 2.75) is 298 Å². The number of hydrogen-bond donors (Lipinski definition) is 1. The van der Waals surface area contributed by atoms with Gasteiger partial charge >= 0.3 is 90.3 Å². The number of ether oxygens (including phenoxy) is 15. The number of esters is 9. The molecule has 0 aliphatic carbocycles. The molecule has 6 aliphatic rings. The minimum Gasteiger partial charge on any atom is -0.469 e. The number of carbonyl (C=O) groups excluding carboxylic acids is 17. The van der Waals surface area contributed by atoms with Crippen LogP contribution in [0.3, 0.4) is 0 Å². The second-order valence-electron chi connectivity index (χ2n) is 39.8.